The largest absolute Gasteiger partial charge is 0.497 e. The Labute approximate surface area is 120 Å². The molecular formula is C15H25NO2S. The van der Waals surface area contributed by atoms with E-state index in [4.69, 9.17) is 4.74 Å². The number of ether oxygens (including phenoxy) is 1. The molecule has 0 spiro atoms. The van der Waals surface area contributed by atoms with Crippen LogP contribution in [0.4, 0.5) is 0 Å². The second kappa shape index (κ2) is 8.46. The number of aliphatic hydroxyl groups excluding tert-OH is 1. The molecule has 0 aliphatic carbocycles. The highest BCUT2D eigenvalue weighted by Gasteiger charge is 2.15. The topological polar surface area (TPSA) is 41.5 Å². The Morgan fingerprint density at radius 1 is 1.26 bits per heavy atom. The van der Waals surface area contributed by atoms with Gasteiger partial charge >= 0.3 is 0 Å². The summed E-state index contributed by atoms with van der Waals surface area (Å²) in [6.07, 6.45) is 2.03. The van der Waals surface area contributed by atoms with Crippen molar-refractivity contribution in [3.05, 3.63) is 29.8 Å². The summed E-state index contributed by atoms with van der Waals surface area (Å²) in [5.74, 6) is 1.33. The van der Waals surface area contributed by atoms with E-state index in [1.807, 2.05) is 18.4 Å². The minimum Gasteiger partial charge on any atom is -0.497 e. The molecule has 3 unspecified atom stereocenters. The van der Waals surface area contributed by atoms with Crippen molar-refractivity contribution >= 4 is 11.8 Å². The highest BCUT2D eigenvalue weighted by molar-refractivity contribution is 7.99. The van der Waals surface area contributed by atoms with Gasteiger partial charge in [0.15, 0.2) is 0 Å². The van der Waals surface area contributed by atoms with Gasteiger partial charge in [-0.15, -0.1) is 0 Å². The first-order chi connectivity index (χ1) is 9.12. The van der Waals surface area contributed by atoms with E-state index in [9.17, 15) is 5.11 Å². The lowest BCUT2D eigenvalue weighted by Crippen LogP contribution is -2.39. The van der Waals surface area contributed by atoms with Crippen molar-refractivity contribution < 1.29 is 9.84 Å². The Balaban J connectivity index is 2.47. The molecule has 0 saturated heterocycles. The first-order valence-electron chi connectivity index (χ1n) is 6.63. The number of nitrogens with one attached hydrogen (secondary N) is 1. The molecule has 1 aromatic rings. The average Bonchev–Trinajstić information content (AvgIpc) is 2.46. The minimum absolute atomic E-state index is 0.215. The van der Waals surface area contributed by atoms with Gasteiger partial charge < -0.3 is 15.2 Å². The highest BCUT2D eigenvalue weighted by atomic mass is 32.2. The standard InChI is InChI=1S/C15H25NO2S/c1-11(9-16-12(2)15(10-17)19-4)13-5-7-14(18-3)8-6-13/h5-8,11-12,15-17H,9-10H2,1-4H3. The number of rotatable bonds is 8. The van der Waals surface area contributed by atoms with Crippen molar-refractivity contribution in [2.75, 3.05) is 26.5 Å². The van der Waals surface area contributed by atoms with Gasteiger partial charge in [-0.1, -0.05) is 19.1 Å². The van der Waals surface area contributed by atoms with Crippen LogP contribution < -0.4 is 10.1 Å². The van der Waals surface area contributed by atoms with Crippen LogP contribution in [0.3, 0.4) is 0 Å². The zero-order chi connectivity index (χ0) is 14.3. The molecule has 3 atom stereocenters. The summed E-state index contributed by atoms with van der Waals surface area (Å²) in [4.78, 5) is 0. The van der Waals surface area contributed by atoms with Gasteiger partial charge in [-0.05, 0) is 36.8 Å². The van der Waals surface area contributed by atoms with Crippen molar-refractivity contribution in [1.82, 2.24) is 5.32 Å². The Bertz CT molecular complexity index is 352. The lowest BCUT2D eigenvalue weighted by Gasteiger charge is -2.23. The molecule has 0 fully saturated rings. The fraction of sp³-hybridized carbons (Fsp3) is 0.600. The third-order valence-electron chi connectivity index (χ3n) is 3.47. The quantitative estimate of drug-likeness (QED) is 0.769. The summed E-state index contributed by atoms with van der Waals surface area (Å²) in [5.41, 5.74) is 1.30. The van der Waals surface area contributed by atoms with Crippen LogP contribution in [0.5, 0.6) is 5.75 Å². The zero-order valence-corrected chi connectivity index (χ0v) is 13.0. The maximum atomic E-state index is 9.26. The Morgan fingerprint density at radius 2 is 1.89 bits per heavy atom. The Hall–Kier alpha value is -0.710. The molecule has 1 rings (SSSR count). The SMILES string of the molecule is COc1ccc(C(C)CNC(C)C(CO)SC)cc1. The van der Waals surface area contributed by atoms with Crippen LogP contribution in [0.15, 0.2) is 24.3 Å². The second-order valence-corrected chi connectivity index (χ2v) is 5.90. The van der Waals surface area contributed by atoms with E-state index in [1.54, 1.807) is 18.9 Å². The molecule has 19 heavy (non-hydrogen) atoms. The van der Waals surface area contributed by atoms with E-state index in [0.29, 0.717) is 12.0 Å². The number of benzene rings is 1. The first-order valence-corrected chi connectivity index (χ1v) is 7.92. The molecule has 0 amide bonds. The van der Waals surface area contributed by atoms with Crippen LogP contribution >= 0.6 is 11.8 Å². The van der Waals surface area contributed by atoms with E-state index >= 15 is 0 Å². The Morgan fingerprint density at radius 3 is 2.37 bits per heavy atom. The monoisotopic (exact) mass is 283 g/mol. The number of aliphatic hydroxyl groups is 1. The third kappa shape index (κ3) is 5.05. The van der Waals surface area contributed by atoms with Crippen LogP contribution in [0.1, 0.15) is 25.3 Å². The summed E-state index contributed by atoms with van der Waals surface area (Å²) in [6.45, 7) is 5.45. The summed E-state index contributed by atoms with van der Waals surface area (Å²) < 4.78 is 5.16. The summed E-state index contributed by atoms with van der Waals surface area (Å²) >= 11 is 1.70. The van der Waals surface area contributed by atoms with Crippen LogP contribution in [0.2, 0.25) is 0 Å². The second-order valence-electron chi connectivity index (χ2n) is 4.83. The maximum Gasteiger partial charge on any atom is 0.118 e. The summed E-state index contributed by atoms with van der Waals surface area (Å²) in [6, 6.07) is 8.50. The minimum atomic E-state index is 0.215. The fourth-order valence-corrected chi connectivity index (χ4v) is 2.63. The average molecular weight is 283 g/mol. The molecular weight excluding hydrogens is 258 g/mol. The molecule has 1 aromatic carbocycles. The lowest BCUT2D eigenvalue weighted by molar-refractivity contribution is 0.275. The fourth-order valence-electron chi connectivity index (χ4n) is 1.98. The van der Waals surface area contributed by atoms with Gasteiger partial charge in [0.05, 0.1) is 13.7 Å². The van der Waals surface area contributed by atoms with E-state index in [-0.39, 0.29) is 11.9 Å². The molecule has 0 aliphatic rings. The van der Waals surface area contributed by atoms with Crippen molar-refractivity contribution in [2.24, 2.45) is 0 Å². The number of hydrogen-bond donors (Lipinski definition) is 2. The van der Waals surface area contributed by atoms with Gasteiger partial charge in [0, 0.05) is 17.8 Å². The summed E-state index contributed by atoms with van der Waals surface area (Å²) in [5, 5.41) is 13.0. The van der Waals surface area contributed by atoms with Crippen LogP contribution in [0, 0.1) is 0 Å². The molecule has 2 N–H and O–H groups in total. The predicted molar refractivity (Wildman–Crippen MR) is 83.3 cm³/mol. The highest BCUT2D eigenvalue weighted by Crippen LogP contribution is 2.19. The molecule has 0 aliphatic heterocycles. The zero-order valence-electron chi connectivity index (χ0n) is 12.2. The number of methoxy groups -OCH3 is 1. The molecule has 0 heterocycles. The number of hydrogen-bond acceptors (Lipinski definition) is 4. The molecule has 3 nitrogen and oxygen atoms in total. The van der Waals surface area contributed by atoms with Gasteiger partial charge in [-0.2, -0.15) is 11.8 Å². The summed E-state index contributed by atoms with van der Waals surface area (Å²) in [7, 11) is 1.68. The van der Waals surface area contributed by atoms with Crippen molar-refractivity contribution in [3.8, 4) is 5.75 Å². The van der Waals surface area contributed by atoms with Gasteiger partial charge in [0.2, 0.25) is 0 Å². The van der Waals surface area contributed by atoms with Crippen LogP contribution in [0.25, 0.3) is 0 Å². The molecule has 0 saturated carbocycles. The van der Waals surface area contributed by atoms with Gasteiger partial charge in [0.1, 0.15) is 5.75 Å². The van der Waals surface area contributed by atoms with Gasteiger partial charge in [-0.25, -0.2) is 0 Å². The van der Waals surface area contributed by atoms with Gasteiger partial charge in [-0.3, -0.25) is 0 Å². The molecule has 108 valence electrons. The predicted octanol–water partition coefficient (Wildman–Crippen LogP) is 2.50. The first kappa shape index (κ1) is 16.3. The van der Waals surface area contributed by atoms with Crippen LogP contribution in [-0.4, -0.2) is 42.9 Å². The molecule has 0 aromatic heterocycles. The molecule has 4 heteroatoms. The van der Waals surface area contributed by atoms with Gasteiger partial charge in [0.25, 0.3) is 0 Å². The van der Waals surface area contributed by atoms with E-state index in [0.717, 1.165) is 12.3 Å². The normalized spacial score (nSPS) is 15.8. The van der Waals surface area contributed by atoms with Crippen molar-refractivity contribution in [2.45, 2.75) is 31.1 Å². The smallest absolute Gasteiger partial charge is 0.118 e. The van der Waals surface area contributed by atoms with E-state index in [2.05, 4.69) is 31.3 Å². The molecule has 0 radical (unpaired) electrons. The molecule has 0 bridgehead atoms. The number of thioether (sulfide) groups is 1. The van der Waals surface area contributed by atoms with E-state index in [1.165, 1.54) is 5.56 Å². The lowest BCUT2D eigenvalue weighted by atomic mass is 10.0. The third-order valence-corrected chi connectivity index (χ3v) is 4.63. The Kier molecular flexibility index (Phi) is 7.28. The maximum absolute atomic E-state index is 9.26. The van der Waals surface area contributed by atoms with Crippen LogP contribution in [-0.2, 0) is 0 Å². The van der Waals surface area contributed by atoms with Crippen molar-refractivity contribution in [3.63, 3.8) is 0 Å². The van der Waals surface area contributed by atoms with E-state index < -0.39 is 0 Å². The van der Waals surface area contributed by atoms with Crippen molar-refractivity contribution in [1.29, 1.82) is 0 Å².